The summed E-state index contributed by atoms with van der Waals surface area (Å²) in [5.74, 6) is 1.82. The van der Waals surface area contributed by atoms with Gasteiger partial charge in [-0.3, -0.25) is 4.98 Å². The molecule has 1 aromatic rings. The maximum Gasteiger partial charge on any atom is 0.0794 e. The third-order valence-electron chi connectivity index (χ3n) is 2.96. The molecule has 2 rings (SSSR count). The largest absolute Gasteiger partial charge is 0.316 e. The van der Waals surface area contributed by atoms with Crippen molar-refractivity contribution in [2.75, 3.05) is 7.05 Å². The van der Waals surface area contributed by atoms with Crippen LogP contribution in [0.3, 0.4) is 0 Å². The predicted molar refractivity (Wildman–Crippen MR) is 55.9 cm³/mol. The first-order chi connectivity index (χ1) is 6.31. The Hall–Kier alpha value is -0.410. The first-order valence-electron chi connectivity index (χ1n) is 4.86. The van der Waals surface area contributed by atoms with Crippen molar-refractivity contribution < 1.29 is 0 Å². The Kier molecular flexibility index (Phi) is 2.65. The van der Waals surface area contributed by atoms with Crippen molar-refractivity contribution in [1.29, 1.82) is 0 Å². The maximum absolute atomic E-state index is 4.10. The Labute approximate surface area is 83.4 Å². The number of hydrogen-bond acceptors (Lipinski definition) is 3. The lowest BCUT2D eigenvalue weighted by Crippen LogP contribution is -2.30. The Morgan fingerprint density at radius 2 is 2.54 bits per heavy atom. The molecule has 0 radical (unpaired) electrons. The predicted octanol–water partition coefficient (Wildman–Crippen LogP) is 1.93. The van der Waals surface area contributed by atoms with Crippen LogP contribution in [0.5, 0.6) is 0 Å². The zero-order chi connectivity index (χ0) is 9.26. The van der Waals surface area contributed by atoms with E-state index in [2.05, 4.69) is 24.3 Å². The molecular formula is C10H16N2S. The normalized spacial score (nSPS) is 28.8. The Bertz CT molecular complexity index is 258. The van der Waals surface area contributed by atoms with E-state index in [1.54, 1.807) is 11.3 Å². The molecular weight excluding hydrogens is 180 g/mol. The number of nitrogens with one attached hydrogen (secondary N) is 1. The van der Waals surface area contributed by atoms with E-state index in [9.17, 15) is 0 Å². The monoisotopic (exact) mass is 196 g/mol. The van der Waals surface area contributed by atoms with Gasteiger partial charge in [0, 0.05) is 17.1 Å². The van der Waals surface area contributed by atoms with Crippen LogP contribution in [0, 0.1) is 11.8 Å². The fourth-order valence-electron chi connectivity index (χ4n) is 1.94. The lowest BCUT2D eigenvalue weighted by Gasteiger charge is -2.14. The fraction of sp³-hybridized carbons (Fsp3) is 0.700. The van der Waals surface area contributed by atoms with Crippen molar-refractivity contribution in [2.45, 2.75) is 25.8 Å². The van der Waals surface area contributed by atoms with Crippen LogP contribution in [0.2, 0.25) is 0 Å². The third kappa shape index (κ3) is 2.09. The van der Waals surface area contributed by atoms with Crippen LogP contribution in [0.25, 0.3) is 0 Å². The van der Waals surface area contributed by atoms with Crippen molar-refractivity contribution in [2.24, 2.45) is 11.8 Å². The number of aromatic nitrogens is 1. The highest BCUT2D eigenvalue weighted by Gasteiger charge is 2.38. The van der Waals surface area contributed by atoms with Crippen molar-refractivity contribution in [3.63, 3.8) is 0 Å². The number of likely N-dealkylation sites (N-methyl/N-ethyl adjacent to an activating group) is 1. The molecule has 72 valence electrons. The molecule has 0 bridgehead atoms. The second kappa shape index (κ2) is 3.76. The molecule has 1 aromatic heterocycles. The molecule has 3 unspecified atom stereocenters. The molecule has 1 saturated carbocycles. The van der Waals surface area contributed by atoms with E-state index in [4.69, 9.17) is 0 Å². The summed E-state index contributed by atoms with van der Waals surface area (Å²) in [6, 6.07) is 0.662. The number of rotatable bonds is 4. The molecule has 1 aliphatic rings. The van der Waals surface area contributed by atoms with E-state index in [1.165, 1.54) is 11.3 Å². The van der Waals surface area contributed by atoms with Gasteiger partial charge in [-0.25, -0.2) is 0 Å². The van der Waals surface area contributed by atoms with E-state index in [0.29, 0.717) is 6.04 Å². The highest BCUT2D eigenvalue weighted by Crippen LogP contribution is 2.41. The fourth-order valence-corrected chi connectivity index (χ4v) is 2.59. The van der Waals surface area contributed by atoms with Gasteiger partial charge in [0.05, 0.1) is 5.51 Å². The highest BCUT2D eigenvalue weighted by atomic mass is 32.1. The topological polar surface area (TPSA) is 24.9 Å². The molecule has 1 heterocycles. The van der Waals surface area contributed by atoms with Crippen LogP contribution in [0.1, 0.15) is 18.2 Å². The van der Waals surface area contributed by atoms with E-state index >= 15 is 0 Å². The molecule has 0 amide bonds. The lowest BCUT2D eigenvalue weighted by atomic mass is 10.1. The van der Waals surface area contributed by atoms with Gasteiger partial charge in [-0.05, 0) is 31.7 Å². The molecule has 13 heavy (non-hydrogen) atoms. The van der Waals surface area contributed by atoms with Gasteiger partial charge in [-0.1, -0.05) is 6.92 Å². The van der Waals surface area contributed by atoms with E-state index in [0.717, 1.165) is 18.3 Å². The molecule has 3 atom stereocenters. The number of hydrogen-bond donors (Lipinski definition) is 1. The molecule has 0 aromatic carbocycles. The van der Waals surface area contributed by atoms with E-state index < -0.39 is 0 Å². The van der Waals surface area contributed by atoms with Crippen molar-refractivity contribution in [3.05, 3.63) is 16.6 Å². The van der Waals surface area contributed by atoms with Gasteiger partial charge >= 0.3 is 0 Å². The number of nitrogens with zero attached hydrogens (tertiary/aromatic N) is 1. The molecule has 0 saturated heterocycles. The standard InChI is InChI=1S/C10H16N2S/c1-7-3-9(7)10(11-2)4-8-5-12-6-13-8/h5-7,9-11H,3-4H2,1-2H3. The Morgan fingerprint density at radius 1 is 1.77 bits per heavy atom. The first-order valence-corrected chi connectivity index (χ1v) is 5.74. The van der Waals surface area contributed by atoms with Crippen molar-refractivity contribution in [1.82, 2.24) is 10.3 Å². The van der Waals surface area contributed by atoms with Crippen molar-refractivity contribution >= 4 is 11.3 Å². The minimum absolute atomic E-state index is 0.662. The molecule has 2 nitrogen and oxygen atoms in total. The second-order valence-corrected chi connectivity index (χ2v) is 4.91. The summed E-state index contributed by atoms with van der Waals surface area (Å²) < 4.78 is 0. The SMILES string of the molecule is CNC(Cc1cncs1)C1CC1C. The lowest BCUT2D eigenvalue weighted by molar-refractivity contribution is 0.482. The van der Waals surface area contributed by atoms with Gasteiger partial charge in [0.15, 0.2) is 0 Å². The quantitative estimate of drug-likeness (QED) is 0.796. The minimum atomic E-state index is 0.662. The van der Waals surface area contributed by atoms with Gasteiger partial charge < -0.3 is 5.32 Å². The Morgan fingerprint density at radius 3 is 3.00 bits per heavy atom. The van der Waals surface area contributed by atoms with Gasteiger partial charge in [0.2, 0.25) is 0 Å². The average Bonchev–Trinajstić information content (AvgIpc) is 2.68. The van der Waals surface area contributed by atoms with Crippen LogP contribution >= 0.6 is 11.3 Å². The molecule has 1 N–H and O–H groups in total. The average molecular weight is 196 g/mol. The third-order valence-corrected chi connectivity index (χ3v) is 3.77. The summed E-state index contributed by atoms with van der Waals surface area (Å²) >= 11 is 1.76. The van der Waals surface area contributed by atoms with Gasteiger partial charge in [-0.2, -0.15) is 0 Å². The summed E-state index contributed by atoms with van der Waals surface area (Å²) in [5, 5.41) is 3.41. The summed E-state index contributed by atoms with van der Waals surface area (Å²) in [5.41, 5.74) is 1.92. The Balaban J connectivity index is 1.91. The van der Waals surface area contributed by atoms with Gasteiger partial charge in [-0.15, -0.1) is 11.3 Å². The molecule has 1 aliphatic carbocycles. The van der Waals surface area contributed by atoms with Crippen LogP contribution in [-0.4, -0.2) is 18.1 Å². The van der Waals surface area contributed by atoms with Gasteiger partial charge in [0.25, 0.3) is 0 Å². The zero-order valence-corrected chi connectivity index (χ0v) is 8.97. The van der Waals surface area contributed by atoms with E-state index in [1.807, 2.05) is 11.7 Å². The van der Waals surface area contributed by atoms with Gasteiger partial charge in [0.1, 0.15) is 0 Å². The molecule has 3 heteroatoms. The van der Waals surface area contributed by atoms with E-state index in [-0.39, 0.29) is 0 Å². The van der Waals surface area contributed by atoms with Crippen molar-refractivity contribution in [3.8, 4) is 0 Å². The summed E-state index contributed by atoms with van der Waals surface area (Å²) in [6.07, 6.45) is 4.53. The summed E-state index contributed by atoms with van der Waals surface area (Å²) in [7, 11) is 2.07. The smallest absolute Gasteiger partial charge is 0.0794 e. The summed E-state index contributed by atoms with van der Waals surface area (Å²) in [6.45, 7) is 2.33. The summed E-state index contributed by atoms with van der Waals surface area (Å²) in [4.78, 5) is 5.50. The highest BCUT2D eigenvalue weighted by molar-refractivity contribution is 7.09. The molecule has 0 spiro atoms. The number of thiazole rings is 1. The molecule has 0 aliphatic heterocycles. The van der Waals surface area contributed by atoms with Crippen LogP contribution < -0.4 is 5.32 Å². The first kappa shape index (κ1) is 9.16. The minimum Gasteiger partial charge on any atom is -0.316 e. The van der Waals surface area contributed by atoms with Crippen LogP contribution in [-0.2, 0) is 6.42 Å². The van der Waals surface area contributed by atoms with Crippen LogP contribution in [0.4, 0.5) is 0 Å². The zero-order valence-electron chi connectivity index (χ0n) is 8.16. The van der Waals surface area contributed by atoms with Crippen LogP contribution in [0.15, 0.2) is 11.7 Å². The second-order valence-electron chi connectivity index (χ2n) is 3.94. The molecule has 1 fully saturated rings. The maximum atomic E-state index is 4.10.